The minimum atomic E-state index is -0.824. The molecule has 2 amide bonds. The molecule has 17 heavy (non-hydrogen) atoms. The number of hydrogen-bond acceptors (Lipinski definition) is 4. The third kappa shape index (κ3) is 1.90. The Morgan fingerprint density at radius 2 is 2.35 bits per heavy atom. The number of benzene rings is 1. The van der Waals surface area contributed by atoms with E-state index in [2.05, 4.69) is 5.32 Å². The summed E-state index contributed by atoms with van der Waals surface area (Å²) in [5.74, 6) is -1.16. The second kappa shape index (κ2) is 4.36. The molecule has 5 heteroatoms. The molecule has 0 aromatic heterocycles. The maximum Gasteiger partial charge on any atom is 0.336 e. The molecule has 0 saturated heterocycles. The first-order valence-corrected chi connectivity index (χ1v) is 5.20. The second-order valence-electron chi connectivity index (χ2n) is 3.82. The van der Waals surface area contributed by atoms with Gasteiger partial charge in [-0.05, 0) is 24.2 Å². The zero-order valence-electron chi connectivity index (χ0n) is 9.36. The fourth-order valence-electron chi connectivity index (χ4n) is 1.96. The van der Waals surface area contributed by atoms with Crippen molar-refractivity contribution in [3.8, 4) is 6.07 Å². The first-order valence-electron chi connectivity index (χ1n) is 5.20. The Bertz CT molecular complexity index is 531. The smallest absolute Gasteiger partial charge is 0.316 e. The van der Waals surface area contributed by atoms with Crippen LogP contribution in [-0.2, 0) is 22.6 Å². The van der Waals surface area contributed by atoms with Crippen molar-refractivity contribution in [2.24, 2.45) is 0 Å². The van der Waals surface area contributed by atoms with Crippen LogP contribution in [0.1, 0.15) is 11.1 Å². The Morgan fingerprint density at radius 1 is 1.59 bits per heavy atom. The highest BCUT2D eigenvalue weighted by atomic mass is 16.2. The van der Waals surface area contributed by atoms with Crippen molar-refractivity contribution in [2.75, 3.05) is 11.9 Å². The van der Waals surface area contributed by atoms with Crippen molar-refractivity contribution in [1.29, 1.82) is 5.26 Å². The SMILES string of the molecule is CNCc1ccc2c(c1)CC(=O)N2C(=O)C#N. The summed E-state index contributed by atoms with van der Waals surface area (Å²) in [5.41, 5.74) is 2.37. The molecular weight excluding hydrogens is 218 g/mol. The van der Waals surface area contributed by atoms with Gasteiger partial charge in [0.05, 0.1) is 12.1 Å². The van der Waals surface area contributed by atoms with E-state index >= 15 is 0 Å². The summed E-state index contributed by atoms with van der Waals surface area (Å²) in [7, 11) is 1.84. The molecule has 1 aliphatic rings. The van der Waals surface area contributed by atoms with Crippen LogP contribution in [0.2, 0.25) is 0 Å². The number of amides is 2. The molecular formula is C12H11N3O2. The van der Waals surface area contributed by atoms with E-state index in [0.29, 0.717) is 12.2 Å². The number of fused-ring (bicyclic) bond motifs is 1. The van der Waals surface area contributed by atoms with Gasteiger partial charge in [-0.2, -0.15) is 5.26 Å². The fraction of sp³-hybridized carbons (Fsp3) is 0.250. The highest BCUT2D eigenvalue weighted by molar-refractivity contribution is 6.23. The van der Waals surface area contributed by atoms with Crippen molar-refractivity contribution in [3.63, 3.8) is 0 Å². The fourth-order valence-corrected chi connectivity index (χ4v) is 1.96. The van der Waals surface area contributed by atoms with E-state index in [1.54, 1.807) is 6.07 Å². The zero-order valence-corrected chi connectivity index (χ0v) is 9.36. The summed E-state index contributed by atoms with van der Waals surface area (Å²) in [5, 5.41) is 11.6. The Kier molecular flexibility index (Phi) is 2.90. The maximum atomic E-state index is 11.6. The molecule has 0 aliphatic carbocycles. The summed E-state index contributed by atoms with van der Waals surface area (Å²) in [6.07, 6.45) is 0.181. The van der Waals surface area contributed by atoms with Crippen molar-refractivity contribution in [1.82, 2.24) is 5.32 Å². The predicted molar refractivity (Wildman–Crippen MR) is 61.0 cm³/mol. The molecule has 1 aromatic carbocycles. The number of imide groups is 1. The van der Waals surface area contributed by atoms with Gasteiger partial charge in [-0.25, -0.2) is 4.90 Å². The zero-order chi connectivity index (χ0) is 12.4. The Labute approximate surface area is 98.6 Å². The van der Waals surface area contributed by atoms with Crippen LogP contribution in [0.3, 0.4) is 0 Å². The largest absolute Gasteiger partial charge is 0.336 e. The summed E-state index contributed by atoms with van der Waals surface area (Å²) in [6.45, 7) is 0.702. The lowest BCUT2D eigenvalue weighted by Crippen LogP contribution is -2.32. The van der Waals surface area contributed by atoms with E-state index in [1.807, 2.05) is 19.2 Å². The van der Waals surface area contributed by atoms with Gasteiger partial charge in [-0.3, -0.25) is 9.59 Å². The average Bonchev–Trinajstić information content (AvgIpc) is 2.64. The van der Waals surface area contributed by atoms with Crippen LogP contribution in [0.4, 0.5) is 5.69 Å². The van der Waals surface area contributed by atoms with E-state index in [0.717, 1.165) is 16.0 Å². The molecule has 1 heterocycles. The van der Waals surface area contributed by atoms with E-state index in [1.165, 1.54) is 6.07 Å². The summed E-state index contributed by atoms with van der Waals surface area (Å²) in [4.78, 5) is 23.9. The quantitative estimate of drug-likeness (QED) is 0.742. The van der Waals surface area contributed by atoms with Crippen LogP contribution in [0, 0.1) is 11.3 Å². The molecule has 1 aromatic rings. The third-order valence-electron chi connectivity index (χ3n) is 2.66. The lowest BCUT2D eigenvalue weighted by atomic mass is 10.1. The summed E-state index contributed by atoms with van der Waals surface area (Å²) in [6, 6.07) is 6.90. The van der Waals surface area contributed by atoms with E-state index in [-0.39, 0.29) is 12.3 Å². The first kappa shape index (κ1) is 11.3. The highest BCUT2D eigenvalue weighted by Gasteiger charge is 2.32. The number of rotatable bonds is 2. The number of carbonyl (C=O) groups is 2. The van der Waals surface area contributed by atoms with Crippen LogP contribution in [0.25, 0.3) is 0 Å². The molecule has 0 atom stereocenters. The Hall–Kier alpha value is -2.19. The van der Waals surface area contributed by atoms with E-state index < -0.39 is 5.91 Å². The standard InChI is InChI=1S/C12H11N3O2/c1-14-7-8-2-3-10-9(4-8)5-11(16)15(10)12(17)6-13/h2-4,14H,5,7H2,1H3. The predicted octanol–water partition coefficient (Wildman–Crippen LogP) is 0.345. The van der Waals surface area contributed by atoms with E-state index in [4.69, 9.17) is 5.26 Å². The number of hydrogen-bond donors (Lipinski definition) is 1. The van der Waals surface area contributed by atoms with Gasteiger partial charge in [-0.1, -0.05) is 12.1 Å². The molecule has 1 N–H and O–H groups in total. The van der Waals surface area contributed by atoms with Crippen molar-refractivity contribution in [3.05, 3.63) is 29.3 Å². The topological polar surface area (TPSA) is 73.2 Å². The number of anilines is 1. The molecule has 0 radical (unpaired) electrons. The van der Waals surface area contributed by atoms with Gasteiger partial charge in [0.2, 0.25) is 5.91 Å². The molecule has 86 valence electrons. The van der Waals surface area contributed by atoms with Crippen LogP contribution >= 0.6 is 0 Å². The van der Waals surface area contributed by atoms with Gasteiger partial charge in [-0.15, -0.1) is 0 Å². The van der Waals surface area contributed by atoms with Crippen molar-refractivity contribution < 1.29 is 9.59 Å². The van der Waals surface area contributed by atoms with Gasteiger partial charge in [0.25, 0.3) is 0 Å². The number of nitriles is 1. The first-order chi connectivity index (χ1) is 8.17. The van der Waals surface area contributed by atoms with Crippen molar-refractivity contribution in [2.45, 2.75) is 13.0 Å². The van der Waals surface area contributed by atoms with Crippen LogP contribution in [0.5, 0.6) is 0 Å². The van der Waals surface area contributed by atoms with Gasteiger partial charge >= 0.3 is 5.91 Å². The van der Waals surface area contributed by atoms with Gasteiger partial charge in [0, 0.05) is 6.54 Å². The molecule has 5 nitrogen and oxygen atoms in total. The minimum Gasteiger partial charge on any atom is -0.316 e. The molecule has 0 bridgehead atoms. The highest BCUT2D eigenvalue weighted by Crippen LogP contribution is 2.29. The Morgan fingerprint density at radius 3 is 3.00 bits per heavy atom. The average molecular weight is 229 g/mol. The molecule has 1 aliphatic heterocycles. The van der Waals surface area contributed by atoms with Crippen molar-refractivity contribution >= 4 is 17.5 Å². The molecule has 0 saturated carbocycles. The number of nitrogens with zero attached hydrogens (tertiary/aromatic N) is 2. The maximum absolute atomic E-state index is 11.6. The van der Waals surface area contributed by atoms with Gasteiger partial charge < -0.3 is 5.32 Å². The lowest BCUT2D eigenvalue weighted by molar-refractivity contribution is -0.122. The minimum absolute atomic E-state index is 0.181. The molecule has 0 fully saturated rings. The normalized spacial score (nSPS) is 13.4. The van der Waals surface area contributed by atoms with Gasteiger partial charge in [0.1, 0.15) is 0 Å². The molecule has 0 unspecified atom stereocenters. The molecule has 2 rings (SSSR count). The Balaban J connectivity index is 2.39. The molecule has 0 spiro atoms. The number of nitrogens with one attached hydrogen (secondary N) is 1. The monoisotopic (exact) mass is 229 g/mol. The second-order valence-corrected chi connectivity index (χ2v) is 3.82. The third-order valence-corrected chi connectivity index (χ3v) is 2.66. The van der Waals surface area contributed by atoms with Crippen LogP contribution < -0.4 is 10.2 Å². The van der Waals surface area contributed by atoms with Crippen LogP contribution in [0.15, 0.2) is 18.2 Å². The van der Waals surface area contributed by atoms with Crippen LogP contribution in [-0.4, -0.2) is 18.9 Å². The van der Waals surface area contributed by atoms with E-state index in [9.17, 15) is 9.59 Å². The lowest BCUT2D eigenvalue weighted by Gasteiger charge is -2.11. The summed E-state index contributed by atoms with van der Waals surface area (Å²) < 4.78 is 0. The summed E-state index contributed by atoms with van der Waals surface area (Å²) >= 11 is 0. The van der Waals surface area contributed by atoms with Gasteiger partial charge in [0.15, 0.2) is 6.07 Å². The number of carbonyl (C=O) groups excluding carboxylic acids is 2.